The van der Waals surface area contributed by atoms with Gasteiger partial charge in [-0.3, -0.25) is 4.72 Å². The van der Waals surface area contributed by atoms with Crippen LogP contribution in [0.4, 0.5) is 5.69 Å². The third-order valence-electron chi connectivity index (χ3n) is 5.95. The topological polar surface area (TPSA) is 73.9 Å². The van der Waals surface area contributed by atoms with Crippen LogP contribution >= 0.6 is 0 Å². The second kappa shape index (κ2) is 9.00. The van der Waals surface area contributed by atoms with Crippen molar-refractivity contribution in [2.24, 2.45) is 0 Å². The van der Waals surface area contributed by atoms with Crippen LogP contribution in [0, 0.1) is 0 Å². The lowest BCUT2D eigenvalue weighted by molar-refractivity contribution is 0.242. The highest BCUT2D eigenvalue weighted by atomic mass is 32.2. The van der Waals surface area contributed by atoms with Crippen LogP contribution in [0.2, 0.25) is 0 Å². The zero-order valence-electron chi connectivity index (χ0n) is 19.6. The zero-order valence-corrected chi connectivity index (χ0v) is 20.4. The third kappa shape index (κ3) is 4.55. The van der Waals surface area contributed by atoms with Crippen LogP contribution in [-0.2, 0) is 10.0 Å². The normalized spacial score (nSPS) is 14.3. The second-order valence-corrected chi connectivity index (χ2v) is 10.1. The fourth-order valence-electron chi connectivity index (χ4n) is 4.45. The van der Waals surface area contributed by atoms with E-state index in [1.165, 1.54) is 0 Å². The monoisotopic (exact) mass is 487 g/mol. The number of sulfonamides is 1. The average Bonchev–Trinajstić information content (AvgIpc) is 2.86. The summed E-state index contributed by atoms with van der Waals surface area (Å²) in [5.41, 5.74) is 6.08. The molecule has 0 fully saturated rings. The fraction of sp³-hybridized carbons (Fsp3) is 0.143. The first-order valence-electron chi connectivity index (χ1n) is 11.1. The van der Waals surface area contributed by atoms with E-state index in [4.69, 9.17) is 14.2 Å². The predicted octanol–water partition coefficient (Wildman–Crippen LogP) is 5.89. The van der Waals surface area contributed by atoms with Crippen molar-refractivity contribution in [1.29, 1.82) is 0 Å². The molecule has 178 valence electrons. The van der Waals surface area contributed by atoms with Gasteiger partial charge in [-0.25, -0.2) is 8.42 Å². The van der Waals surface area contributed by atoms with Gasteiger partial charge in [-0.15, -0.1) is 0 Å². The number of methoxy groups -OCH3 is 2. The van der Waals surface area contributed by atoms with Crippen LogP contribution in [-0.4, -0.2) is 28.9 Å². The lowest BCUT2D eigenvalue weighted by Gasteiger charge is -2.31. The summed E-state index contributed by atoms with van der Waals surface area (Å²) >= 11 is 0. The molecule has 35 heavy (non-hydrogen) atoms. The fourth-order valence-corrected chi connectivity index (χ4v) is 5.01. The number of nitrogens with one attached hydrogen (secondary N) is 1. The Morgan fingerprint density at radius 3 is 2.31 bits per heavy atom. The molecule has 5 rings (SSSR count). The summed E-state index contributed by atoms with van der Waals surface area (Å²) in [7, 11) is -0.163. The molecular formula is C28H25NO5S. The molecule has 1 N–H and O–H groups in total. The summed E-state index contributed by atoms with van der Waals surface area (Å²) in [6, 6.07) is 27.2. The van der Waals surface area contributed by atoms with Gasteiger partial charge in [0.25, 0.3) is 0 Å². The first-order valence-corrected chi connectivity index (χ1v) is 13.0. The third-order valence-corrected chi connectivity index (χ3v) is 6.56. The van der Waals surface area contributed by atoms with E-state index in [9.17, 15) is 8.42 Å². The van der Waals surface area contributed by atoms with Crippen LogP contribution in [0.15, 0.2) is 84.9 Å². The molecule has 0 saturated heterocycles. The Kier molecular flexibility index (Phi) is 5.86. The van der Waals surface area contributed by atoms with Crippen molar-refractivity contribution in [3.63, 3.8) is 0 Å². The van der Waals surface area contributed by atoms with Crippen LogP contribution in [0.25, 0.3) is 22.3 Å². The lowest BCUT2D eigenvalue weighted by atomic mass is 9.88. The van der Waals surface area contributed by atoms with Crippen LogP contribution < -0.4 is 18.9 Å². The second-order valence-electron chi connectivity index (χ2n) is 8.36. The largest absolute Gasteiger partial charge is 0.497 e. The smallest absolute Gasteiger partial charge is 0.229 e. The quantitative estimate of drug-likeness (QED) is 0.367. The molecule has 1 heterocycles. The van der Waals surface area contributed by atoms with Crippen molar-refractivity contribution in [1.82, 2.24) is 0 Å². The maximum Gasteiger partial charge on any atom is 0.229 e. The molecule has 0 amide bonds. The van der Waals surface area contributed by atoms with Gasteiger partial charge in [0.1, 0.15) is 23.4 Å². The maximum absolute atomic E-state index is 11.9. The molecule has 0 saturated carbocycles. The Bertz CT molecular complexity index is 1510. The average molecular weight is 488 g/mol. The Balaban J connectivity index is 1.66. The summed E-state index contributed by atoms with van der Waals surface area (Å²) in [6.07, 6.45) is 0.688. The van der Waals surface area contributed by atoms with Crippen LogP contribution in [0.5, 0.6) is 17.2 Å². The van der Waals surface area contributed by atoms with Crippen LogP contribution in [0.1, 0.15) is 17.2 Å². The highest BCUT2D eigenvalue weighted by Gasteiger charge is 2.30. The molecular weight excluding hydrogens is 462 g/mol. The molecule has 1 atom stereocenters. The zero-order chi connectivity index (χ0) is 24.6. The van der Waals surface area contributed by atoms with Gasteiger partial charge in [0.2, 0.25) is 10.0 Å². The van der Waals surface area contributed by atoms with E-state index in [1.54, 1.807) is 20.3 Å². The number of benzene rings is 4. The molecule has 1 aliphatic heterocycles. The van der Waals surface area contributed by atoms with Gasteiger partial charge in [0, 0.05) is 11.3 Å². The van der Waals surface area contributed by atoms with E-state index in [0.29, 0.717) is 17.2 Å². The minimum Gasteiger partial charge on any atom is -0.497 e. The number of hydrogen-bond donors (Lipinski definition) is 1. The molecule has 1 unspecified atom stereocenters. The van der Waals surface area contributed by atoms with E-state index in [1.807, 2.05) is 72.8 Å². The number of fused-ring (bicyclic) bond motifs is 3. The number of anilines is 1. The van der Waals surface area contributed by atoms with E-state index in [0.717, 1.165) is 45.4 Å². The number of hydrogen-bond acceptors (Lipinski definition) is 5. The molecule has 7 heteroatoms. The molecule has 4 aromatic rings. The maximum atomic E-state index is 11.9. The Morgan fingerprint density at radius 1 is 0.829 bits per heavy atom. The van der Waals surface area contributed by atoms with Gasteiger partial charge < -0.3 is 14.2 Å². The highest BCUT2D eigenvalue weighted by molar-refractivity contribution is 7.92. The lowest BCUT2D eigenvalue weighted by Crippen LogP contribution is -2.17. The SMILES string of the molecule is COc1cccc(-c2cccc(C3Oc4cccc(OC)c4-c4ccc(NS(C)(=O)=O)cc43)c2)c1. The molecule has 0 radical (unpaired) electrons. The summed E-state index contributed by atoms with van der Waals surface area (Å²) in [5, 5.41) is 0. The minimum atomic E-state index is -3.44. The highest BCUT2D eigenvalue weighted by Crippen LogP contribution is 2.49. The minimum absolute atomic E-state index is 0.448. The van der Waals surface area contributed by atoms with E-state index in [-0.39, 0.29) is 0 Å². The van der Waals surface area contributed by atoms with E-state index < -0.39 is 16.1 Å². The molecule has 0 spiro atoms. The Morgan fingerprint density at radius 2 is 1.57 bits per heavy atom. The number of rotatable bonds is 6. The van der Waals surface area contributed by atoms with Gasteiger partial charge in [0.05, 0.1) is 26.0 Å². The molecule has 4 aromatic carbocycles. The first-order chi connectivity index (χ1) is 16.9. The van der Waals surface area contributed by atoms with Gasteiger partial charge in [-0.2, -0.15) is 0 Å². The van der Waals surface area contributed by atoms with Crippen LogP contribution in [0.3, 0.4) is 0 Å². The Hall–Kier alpha value is -3.97. The van der Waals surface area contributed by atoms with Crippen molar-refractivity contribution >= 4 is 15.7 Å². The van der Waals surface area contributed by atoms with Crippen molar-refractivity contribution < 1.29 is 22.6 Å². The van der Waals surface area contributed by atoms with Crippen molar-refractivity contribution in [3.05, 3.63) is 96.1 Å². The van der Waals surface area contributed by atoms with Crippen molar-refractivity contribution in [2.45, 2.75) is 6.10 Å². The van der Waals surface area contributed by atoms with Gasteiger partial charge in [0.15, 0.2) is 0 Å². The molecule has 0 aromatic heterocycles. The number of ether oxygens (including phenoxy) is 3. The van der Waals surface area contributed by atoms with Gasteiger partial charge >= 0.3 is 0 Å². The first kappa shape index (κ1) is 22.8. The summed E-state index contributed by atoms with van der Waals surface area (Å²) in [6.45, 7) is 0. The molecule has 6 nitrogen and oxygen atoms in total. The predicted molar refractivity (Wildman–Crippen MR) is 138 cm³/mol. The molecule has 0 aliphatic carbocycles. The van der Waals surface area contributed by atoms with E-state index >= 15 is 0 Å². The molecule has 1 aliphatic rings. The summed E-state index contributed by atoms with van der Waals surface area (Å²) < 4.78 is 43.9. The van der Waals surface area contributed by atoms with Gasteiger partial charge in [-0.05, 0) is 64.7 Å². The summed E-state index contributed by atoms with van der Waals surface area (Å²) in [4.78, 5) is 0. The standard InChI is InChI=1S/C28H25NO5S/c1-32-22-10-5-8-19(16-22)18-7-4-9-20(15-18)28-24-17-21(29-35(3,30)31)13-14-23(24)27-25(33-2)11-6-12-26(27)34-28/h4-17,28-29H,1-3H3. The van der Waals surface area contributed by atoms with Gasteiger partial charge in [-0.1, -0.05) is 42.5 Å². The van der Waals surface area contributed by atoms with E-state index in [2.05, 4.69) is 10.8 Å². The van der Waals surface area contributed by atoms with Crippen molar-refractivity contribution in [3.8, 4) is 39.5 Å². The Labute approximate surface area is 205 Å². The van der Waals surface area contributed by atoms with Crippen molar-refractivity contribution in [2.75, 3.05) is 25.2 Å². The summed E-state index contributed by atoms with van der Waals surface area (Å²) in [5.74, 6) is 2.18. The molecule has 0 bridgehead atoms.